The van der Waals surface area contributed by atoms with Gasteiger partial charge in [0, 0.05) is 25.7 Å². The zero-order valence-electron chi connectivity index (χ0n) is 53.5. The Hall–Kier alpha value is -1.94. The summed E-state index contributed by atoms with van der Waals surface area (Å²) in [5.74, 6) is -0.580. The number of phosphoric ester groups is 2. The summed E-state index contributed by atoms with van der Waals surface area (Å²) in [5, 5.41) is 10.5. The maximum absolute atomic E-state index is 13.0. The van der Waals surface area contributed by atoms with Crippen molar-refractivity contribution < 1.29 is 80.2 Å². The van der Waals surface area contributed by atoms with Crippen LogP contribution in [0.1, 0.15) is 318 Å². The second-order valence-electron chi connectivity index (χ2n) is 23.9. The number of esters is 4. The van der Waals surface area contributed by atoms with Crippen LogP contribution in [-0.4, -0.2) is 96.7 Å². The number of carbonyl (C=O) groups is 4. The Morgan fingerprint density at radius 3 is 0.916 bits per heavy atom. The van der Waals surface area contributed by atoms with Crippen LogP contribution in [0.5, 0.6) is 0 Å². The summed E-state index contributed by atoms with van der Waals surface area (Å²) in [6, 6.07) is 0. The van der Waals surface area contributed by atoms with Gasteiger partial charge in [-0.1, -0.05) is 266 Å². The second-order valence-corrected chi connectivity index (χ2v) is 26.8. The average Bonchev–Trinajstić information content (AvgIpc) is 3.46. The van der Waals surface area contributed by atoms with Crippen molar-refractivity contribution in [2.24, 2.45) is 11.8 Å². The molecule has 0 saturated carbocycles. The fourth-order valence-corrected chi connectivity index (χ4v) is 11.1. The van der Waals surface area contributed by atoms with Crippen LogP contribution in [0.4, 0.5) is 0 Å². The van der Waals surface area contributed by atoms with Crippen LogP contribution >= 0.6 is 15.6 Å². The van der Waals surface area contributed by atoms with Gasteiger partial charge in [-0.2, -0.15) is 0 Å². The van der Waals surface area contributed by atoms with Crippen LogP contribution in [0.25, 0.3) is 0 Å². The summed E-state index contributed by atoms with van der Waals surface area (Å²) >= 11 is 0. The van der Waals surface area contributed by atoms with Crippen LogP contribution < -0.4 is 0 Å². The topological polar surface area (TPSA) is 237 Å². The van der Waals surface area contributed by atoms with Gasteiger partial charge in [-0.3, -0.25) is 37.3 Å². The molecule has 0 aromatic rings. The predicted octanol–water partition coefficient (Wildman–Crippen LogP) is 17.7. The van der Waals surface area contributed by atoms with E-state index in [0.29, 0.717) is 25.7 Å². The third-order valence-electron chi connectivity index (χ3n) is 15.1. The first-order valence-electron chi connectivity index (χ1n) is 33.5. The lowest BCUT2D eigenvalue weighted by Gasteiger charge is -2.21. The van der Waals surface area contributed by atoms with E-state index < -0.39 is 97.5 Å². The minimum absolute atomic E-state index is 0.105. The predicted molar refractivity (Wildman–Crippen MR) is 331 cm³/mol. The van der Waals surface area contributed by atoms with Gasteiger partial charge < -0.3 is 33.8 Å². The molecule has 0 spiro atoms. The zero-order chi connectivity index (χ0) is 61.5. The van der Waals surface area contributed by atoms with Crippen molar-refractivity contribution in [3.05, 3.63) is 0 Å². The van der Waals surface area contributed by atoms with Crippen LogP contribution in [0, 0.1) is 11.8 Å². The summed E-state index contributed by atoms with van der Waals surface area (Å²) in [6.07, 6.45) is 39.2. The molecule has 0 aromatic carbocycles. The Bertz CT molecular complexity index is 1630. The Morgan fingerprint density at radius 1 is 0.349 bits per heavy atom. The molecule has 0 aromatic heterocycles. The Morgan fingerprint density at radius 2 is 0.614 bits per heavy atom. The van der Waals surface area contributed by atoms with E-state index in [1.165, 1.54) is 128 Å². The van der Waals surface area contributed by atoms with Gasteiger partial charge in [0.1, 0.15) is 19.3 Å². The zero-order valence-corrected chi connectivity index (χ0v) is 55.3. The number of aliphatic hydroxyl groups excluding tert-OH is 1. The molecule has 0 aliphatic heterocycles. The fraction of sp³-hybridized carbons (Fsp3) is 0.938. The van der Waals surface area contributed by atoms with Crippen LogP contribution in [0.15, 0.2) is 0 Å². The van der Waals surface area contributed by atoms with Gasteiger partial charge in [0.05, 0.1) is 26.4 Å². The molecule has 3 N–H and O–H groups in total. The molecule has 19 heteroatoms. The number of hydrogen-bond acceptors (Lipinski definition) is 15. The number of ether oxygens (including phenoxy) is 4. The Labute approximate surface area is 505 Å². The van der Waals surface area contributed by atoms with Crippen molar-refractivity contribution in [2.45, 2.75) is 336 Å². The first-order chi connectivity index (χ1) is 39.9. The molecule has 492 valence electrons. The highest BCUT2D eigenvalue weighted by Gasteiger charge is 2.30. The normalized spacial score (nSPS) is 14.6. The lowest BCUT2D eigenvalue weighted by Crippen LogP contribution is -2.30. The molecule has 3 unspecified atom stereocenters. The minimum Gasteiger partial charge on any atom is -0.462 e. The Kier molecular flexibility index (Phi) is 55.2. The van der Waals surface area contributed by atoms with Gasteiger partial charge in [0.2, 0.25) is 0 Å². The van der Waals surface area contributed by atoms with Crippen molar-refractivity contribution in [3.63, 3.8) is 0 Å². The van der Waals surface area contributed by atoms with E-state index in [1.807, 2.05) is 0 Å². The number of aliphatic hydroxyl groups is 1. The fourth-order valence-electron chi connectivity index (χ4n) is 9.50. The lowest BCUT2D eigenvalue weighted by atomic mass is 9.99. The molecule has 83 heavy (non-hydrogen) atoms. The van der Waals surface area contributed by atoms with E-state index in [9.17, 15) is 43.2 Å². The van der Waals surface area contributed by atoms with E-state index in [-0.39, 0.29) is 25.7 Å². The summed E-state index contributed by atoms with van der Waals surface area (Å²) < 4.78 is 67.8. The van der Waals surface area contributed by atoms with Crippen molar-refractivity contribution in [1.82, 2.24) is 0 Å². The number of carbonyl (C=O) groups excluding carboxylic acids is 4. The smallest absolute Gasteiger partial charge is 0.462 e. The van der Waals surface area contributed by atoms with E-state index in [4.69, 9.17) is 37.0 Å². The Balaban J connectivity index is 5.17. The maximum Gasteiger partial charge on any atom is 0.472 e. The number of rotatable bonds is 63. The number of hydrogen-bond donors (Lipinski definition) is 3. The largest absolute Gasteiger partial charge is 0.472 e. The first kappa shape index (κ1) is 81.1. The summed E-state index contributed by atoms with van der Waals surface area (Å²) in [6.45, 7) is 9.42. The third-order valence-corrected chi connectivity index (χ3v) is 17.0. The van der Waals surface area contributed by atoms with Crippen molar-refractivity contribution in [3.8, 4) is 0 Å². The van der Waals surface area contributed by atoms with Crippen molar-refractivity contribution in [1.29, 1.82) is 0 Å². The van der Waals surface area contributed by atoms with Crippen LogP contribution in [0.3, 0.4) is 0 Å². The first-order valence-corrected chi connectivity index (χ1v) is 36.5. The monoisotopic (exact) mass is 1230 g/mol. The average molecular weight is 1230 g/mol. The molecule has 0 heterocycles. The molecule has 0 aliphatic rings. The van der Waals surface area contributed by atoms with Crippen LogP contribution in [0.2, 0.25) is 0 Å². The summed E-state index contributed by atoms with van der Waals surface area (Å²) in [5.41, 5.74) is 0. The maximum atomic E-state index is 13.0. The molecule has 0 saturated heterocycles. The molecule has 0 fully saturated rings. The van der Waals surface area contributed by atoms with Gasteiger partial charge in [0.25, 0.3) is 0 Å². The van der Waals surface area contributed by atoms with E-state index in [2.05, 4.69) is 41.5 Å². The highest BCUT2D eigenvalue weighted by molar-refractivity contribution is 7.47. The minimum atomic E-state index is -4.94. The highest BCUT2D eigenvalue weighted by atomic mass is 31.2. The molecule has 0 aliphatic carbocycles. The molecular formula is C64H124O17P2. The van der Waals surface area contributed by atoms with Gasteiger partial charge in [0.15, 0.2) is 12.2 Å². The lowest BCUT2D eigenvalue weighted by molar-refractivity contribution is -0.161. The van der Waals surface area contributed by atoms with Crippen molar-refractivity contribution in [2.75, 3.05) is 39.6 Å². The highest BCUT2D eigenvalue weighted by Crippen LogP contribution is 2.45. The molecule has 17 nitrogen and oxygen atoms in total. The third kappa shape index (κ3) is 57.6. The summed E-state index contributed by atoms with van der Waals surface area (Å²) in [7, 11) is -9.88. The van der Waals surface area contributed by atoms with E-state index in [0.717, 1.165) is 108 Å². The van der Waals surface area contributed by atoms with Gasteiger partial charge in [-0.25, -0.2) is 9.13 Å². The quantitative estimate of drug-likeness (QED) is 0.0222. The molecule has 0 radical (unpaired) electrons. The van der Waals surface area contributed by atoms with Gasteiger partial charge in [-0.15, -0.1) is 0 Å². The molecule has 0 bridgehead atoms. The SMILES string of the molecule is CCCCCCCCCCCCC(=O)O[C@H](COC(=O)CCCCCCC)COP(=O)(O)OC[C@H](O)COP(=O)(O)OC[C@@H](COC(=O)CCCCCCCCCCC(C)CC)OC(=O)CCCCCCCCCCCCCCCC(C)C. The van der Waals surface area contributed by atoms with Gasteiger partial charge in [-0.05, 0) is 37.5 Å². The van der Waals surface area contributed by atoms with E-state index >= 15 is 0 Å². The molecular weight excluding hydrogens is 1100 g/mol. The van der Waals surface area contributed by atoms with Crippen LogP contribution in [-0.2, 0) is 65.4 Å². The number of unbranched alkanes of at least 4 members (excludes halogenated alkanes) is 32. The van der Waals surface area contributed by atoms with Crippen molar-refractivity contribution >= 4 is 39.5 Å². The molecule has 0 amide bonds. The van der Waals surface area contributed by atoms with E-state index in [1.54, 1.807) is 0 Å². The standard InChI is InChI=1S/C64H124O17P2/c1-7-10-12-14-15-16-23-30-36-42-48-63(68)80-59(52-74-61(66)46-40-32-13-11-8-2)54-78-82(70,71)76-50-58(65)51-77-83(72,73)79-55-60(53-75-62(67)47-41-35-29-26-25-28-34-39-45-57(6)9-3)81-64(69)49-43-37-31-24-21-19-17-18-20-22-27-33-38-44-56(4)5/h56-60,65H,7-55H2,1-6H3,(H,70,71)(H,72,73)/t57?,58-,59+,60+/m0/s1. The molecule has 0 rings (SSSR count). The summed E-state index contributed by atoms with van der Waals surface area (Å²) in [4.78, 5) is 72.0. The molecule has 6 atom stereocenters. The second kappa shape index (κ2) is 56.6. The van der Waals surface area contributed by atoms with Gasteiger partial charge >= 0.3 is 39.5 Å². The number of phosphoric acid groups is 2.